The molecule has 1 aliphatic heterocycles. The van der Waals surface area contributed by atoms with Crippen LogP contribution in [0.3, 0.4) is 0 Å². The smallest absolute Gasteiger partial charge is 0.243 e. The highest BCUT2D eigenvalue weighted by atomic mass is 32.2. The van der Waals surface area contributed by atoms with Crippen LogP contribution >= 0.6 is 0 Å². The number of nitrogens with zero attached hydrogens (tertiary/aromatic N) is 3. The van der Waals surface area contributed by atoms with Crippen LogP contribution in [0.2, 0.25) is 0 Å². The summed E-state index contributed by atoms with van der Waals surface area (Å²) in [5.74, 6) is 0. The van der Waals surface area contributed by atoms with E-state index in [0.29, 0.717) is 24.3 Å². The summed E-state index contributed by atoms with van der Waals surface area (Å²) in [5, 5.41) is 4.16. The molecule has 1 aromatic heterocycles. The van der Waals surface area contributed by atoms with E-state index >= 15 is 0 Å². The summed E-state index contributed by atoms with van der Waals surface area (Å²) < 4.78 is 34.7. The molecule has 0 saturated carbocycles. The first-order valence-corrected chi connectivity index (χ1v) is 9.03. The zero-order valence-electron chi connectivity index (χ0n) is 13.3. The van der Waals surface area contributed by atoms with Crippen LogP contribution < -0.4 is 0 Å². The Kier molecular flexibility index (Phi) is 4.52. The molecule has 2 atom stereocenters. The Morgan fingerprint density at radius 1 is 1.30 bits per heavy atom. The predicted molar refractivity (Wildman–Crippen MR) is 86.4 cm³/mol. The number of hydrogen-bond donors (Lipinski definition) is 0. The minimum absolute atomic E-state index is 0.103. The average molecular weight is 335 g/mol. The van der Waals surface area contributed by atoms with Crippen LogP contribution in [0.25, 0.3) is 0 Å². The van der Waals surface area contributed by atoms with Gasteiger partial charge in [-0.3, -0.25) is 4.68 Å². The lowest BCUT2D eigenvalue weighted by Crippen LogP contribution is -2.41. The standard InChI is InChI=1S/C16H21N3O3S/c1-18-12-13(11-17-18)10-15-16(22-2)8-9-19(15)23(20,21)14-6-4-3-5-7-14/h3-7,11-12,15-16H,8-10H2,1-2H3/t15-,16+/m1/s1. The summed E-state index contributed by atoms with van der Waals surface area (Å²) in [6.07, 6.45) is 4.89. The first-order chi connectivity index (χ1) is 11.0. The van der Waals surface area contributed by atoms with Crippen molar-refractivity contribution in [2.24, 2.45) is 7.05 Å². The van der Waals surface area contributed by atoms with Crippen molar-refractivity contribution in [3.8, 4) is 0 Å². The fourth-order valence-corrected chi connectivity index (χ4v) is 4.84. The Labute approximate surface area is 136 Å². The number of rotatable bonds is 5. The highest BCUT2D eigenvalue weighted by Crippen LogP contribution is 2.29. The van der Waals surface area contributed by atoms with Gasteiger partial charge in [0.15, 0.2) is 0 Å². The van der Waals surface area contributed by atoms with E-state index in [2.05, 4.69) is 5.10 Å². The molecule has 2 heterocycles. The number of aryl methyl sites for hydroxylation is 1. The van der Waals surface area contributed by atoms with Crippen molar-refractivity contribution in [2.75, 3.05) is 13.7 Å². The second kappa shape index (κ2) is 6.43. The third-order valence-electron chi connectivity index (χ3n) is 4.29. The minimum Gasteiger partial charge on any atom is -0.380 e. The Hall–Kier alpha value is -1.70. The van der Waals surface area contributed by atoms with E-state index in [4.69, 9.17) is 4.74 Å². The highest BCUT2D eigenvalue weighted by molar-refractivity contribution is 7.89. The molecule has 0 bridgehead atoms. The molecule has 124 valence electrons. The molecule has 0 unspecified atom stereocenters. The molecule has 7 heteroatoms. The van der Waals surface area contributed by atoms with Crippen molar-refractivity contribution < 1.29 is 13.2 Å². The molecule has 0 aliphatic carbocycles. The van der Waals surface area contributed by atoms with Crippen LogP contribution in [0.1, 0.15) is 12.0 Å². The summed E-state index contributed by atoms with van der Waals surface area (Å²) in [4.78, 5) is 0.327. The van der Waals surface area contributed by atoms with Gasteiger partial charge in [-0.05, 0) is 30.5 Å². The Morgan fingerprint density at radius 2 is 2.04 bits per heavy atom. The average Bonchev–Trinajstić information content (AvgIpc) is 3.15. The quantitative estimate of drug-likeness (QED) is 0.829. The van der Waals surface area contributed by atoms with Crippen LogP contribution in [-0.4, -0.2) is 48.3 Å². The lowest BCUT2D eigenvalue weighted by molar-refractivity contribution is 0.0810. The van der Waals surface area contributed by atoms with Gasteiger partial charge >= 0.3 is 0 Å². The minimum atomic E-state index is -3.52. The van der Waals surface area contributed by atoms with Crippen molar-refractivity contribution in [3.63, 3.8) is 0 Å². The van der Waals surface area contributed by atoms with Gasteiger partial charge in [0.1, 0.15) is 0 Å². The molecule has 1 fully saturated rings. The second-order valence-corrected chi connectivity index (χ2v) is 7.68. The SMILES string of the molecule is CO[C@H]1CCN(S(=O)(=O)c2ccccc2)[C@@H]1Cc1cnn(C)c1. The molecular formula is C16H21N3O3S. The zero-order chi connectivity index (χ0) is 16.4. The topological polar surface area (TPSA) is 64.4 Å². The molecule has 1 aliphatic rings. The van der Waals surface area contributed by atoms with Crippen molar-refractivity contribution in [3.05, 3.63) is 48.3 Å². The molecule has 0 N–H and O–H groups in total. The van der Waals surface area contributed by atoms with Crippen LogP contribution in [0.15, 0.2) is 47.6 Å². The fraction of sp³-hybridized carbons (Fsp3) is 0.438. The monoisotopic (exact) mass is 335 g/mol. The number of benzene rings is 1. The van der Waals surface area contributed by atoms with E-state index in [0.717, 1.165) is 5.56 Å². The largest absolute Gasteiger partial charge is 0.380 e. The van der Waals surface area contributed by atoms with Gasteiger partial charge < -0.3 is 4.74 Å². The summed E-state index contributed by atoms with van der Waals surface area (Å²) in [6, 6.07) is 8.36. The fourth-order valence-electron chi connectivity index (χ4n) is 3.15. The van der Waals surface area contributed by atoms with E-state index in [1.165, 1.54) is 0 Å². The molecular weight excluding hydrogens is 314 g/mol. The molecule has 3 rings (SSSR count). The Bertz CT molecular complexity index is 758. The van der Waals surface area contributed by atoms with Gasteiger partial charge in [-0.25, -0.2) is 8.42 Å². The number of methoxy groups -OCH3 is 1. The molecule has 0 amide bonds. The van der Waals surface area contributed by atoms with Crippen LogP contribution in [0.4, 0.5) is 0 Å². The molecule has 0 spiro atoms. The van der Waals surface area contributed by atoms with Crippen LogP contribution in [0.5, 0.6) is 0 Å². The van der Waals surface area contributed by atoms with Gasteiger partial charge in [0, 0.05) is 26.9 Å². The highest BCUT2D eigenvalue weighted by Gasteiger charge is 2.41. The number of sulfonamides is 1. The molecule has 1 saturated heterocycles. The molecule has 6 nitrogen and oxygen atoms in total. The van der Waals surface area contributed by atoms with Crippen LogP contribution in [-0.2, 0) is 28.2 Å². The van der Waals surface area contributed by atoms with Crippen molar-refractivity contribution in [1.29, 1.82) is 0 Å². The Balaban J connectivity index is 1.90. The van der Waals surface area contributed by atoms with Gasteiger partial charge in [-0.2, -0.15) is 9.40 Å². The normalized spacial score (nSPS) is 22.5. The van der Waals surface area contributed by atoms with E-state index in [1.807, 2.05) is 19.3 Å². The summed E-state index contributed by atoms with van der Waals surface area (Å²) in [6.45, 7) is 0.473. The first-order valence-electron chi connectivity index (χ1n) is 7.59. The second-order valence-electron chi connectivity index (χ2n) is 5.79. The molecule has 2 aromatic rings. The van der Waals surface area contributed by atoms with E-state index in [-0.39, 0.29) is 12.1 Å². The summed E-state index contributed by atoms with van der Waals surface area (Å²) in [7, 11) is -0.0280. The molecule has 0 radical (unpaired) electrons. The first kappa shape index (κ1) is 16.2. The maximum Gasteiger partial charge on any atom is 0.243 e. The molecule has 23 heavy (non-hydrogen) atoms. The maximum atomic E-state index is 13.0. The third-order valence-corrected chi connectivity index (χ3v) is 6.23. The zero-order valence-corrected chi connectivity index (χ0v) is 14.1. The summed E-state index contributed by atoms with van der Waals surface area (Å²) >= 11 is 0. The van der Waals surface area contributed by atoms with Gasteiger partial charge in [0.25, 0.3) is 0 Å². The van der Waals surface area contributed by atoms with Crippen molar-refractivity contribution in [1.82, 2.24) is 14.1 Å². The molecule has 1 aromatic carbocycles. The Morgan fingerprint density at radius 3 is 2.65 bits per heavy atom. The van der Waals surface area contributed by atoms with Gasteiger partial charge in [-0.1, -0.05) is 18.2 Å². The third kappa shape index (κ3) is 3.17. The van der Waals surface area contributed by atoms with E-state index in [1.54, 1.807) is 46.6 Å². The maximum absolute atomic E-state index is 13.0. The van der Waals surface area contributed by atoms with Gasteiger partial charge in [0.05, 0.1) is 23.2 Å². The van der Waals surface area contributed by atoms with Crippen molar-refractivity contribution in [2.45, 2.75) is 29.9 Å². The van der Waals surface area contributed by atoms with E-state index < -0.39 is 10.0 Å². The van der Waals surface area contributed by atoms with Gasteiger partial charge in [0.2, 0.25) is 10.0 Å². The number of aromatic nitrogens is 2. The van der Waals surface area contributed by atoms with E-state index in [9.17, 15) is 8.42 Å². The lowest BCUT2D eigenvalue weighted by atomic mass is 10.1. The number of hydrogen-bond acceptors (Lipinski definition) is 4. The summed E-state index contributed by atoms with van der Waals surface area (Å²) in [5.41, 5.74) is 1.01. The predicted octanol–water partition coefficient (Wildman–Crippen LogP) is 1.44. The van der Waals surface area contributed by atoms with Gasteiger partial charge in [-0.15, -0.1) is 0 Å². The van der Waals surface area contributed by atoms with Crippen LogP contribution in [0, 0.1) is 0 Å². The number of ether oxygens (including phenoxy) is 1. The van der Waals surface area contributed by atoms with Crippen molar-refractivity contribution >= 4 is 10.0 Å². The lowest BCUT2D eigenvalue weighted by Gasteiger charge is -2.26.